The van der Waals surface area contributed by atoms with Crippen molar-refractivity contribution in [2.75, 3.05) is 0 Å². The summed E-state index contributed by atoms with van der Waals surface area (Å²) in [5, 5.41) is 24.9. The molecule has 1 aromatic carbocycles. The zero-order valence-electron chi connectivity index (χ0n) is 13.1. The lowest BCUT2D eigenvalue weighted by molar-refractivity contribution is -0.154. The van der Waals surface area contributed by atoms with Gasteiger partial charge in [0, 0.05) is 5.56 Å². The van der Waals surface area contributed by atoms with E-state index in [2.05, 4.69) is 5.10 Å². The van der Waals surface area contributed by atoms with E-state index in [1.54, 1.807) is 12.1 Å². The van der Waals surface area contributed by atoms with E-state index in [-0.39, 0.29) is 11.4 Å². The number of benzene rings is 1. The maximum Gasteiger partial charge on any atom is 0.228 e. The highest BCUT2D eigenvalue weighted by Crippen LogP contribution is 2.43. The Morgan fingerprint density at radius 3 is 2.22 bits per heavy atom. The molecule has 0 amide bonds. The summed E-state index contributed by atoms with van der Waals surface area (Å²) >= 11 is 0. The quantitative estimate of drug-likeness (QED) is 0.822. The second-order valence-corrected chi connectivity index (χ2v) is 6.69. The lowest BCUT2D eigenvalue weighted by atomic mass is 9.74. The van der Waals surface area contributed by atoms with E-state index in [0.29, 0.717) is 11.3 Å². The van der Waals surface area contributed by atoms with Crippen molar-refractivity contribution in [1.82, 2.24) is 9.78 Å². The van der Waals surface area contributed by atoms with Gasteiger partial charge < -0.3 is 10.2 Å². The van der Waals surface area contributed by atoms with Gasteiger partial charge >= 0.3 is 0 Å². The van der Waals surface area contributed by atoms with Crippen molar-refractivity contribution >= 4 is 11.6 Å². The predicted octanol–water partition coefficient (Wildman–Crippen LogP) is 1.61. The molecule has 6 nitrogen and oxygen atoms in total. The van der Waals surface area contributed by atoms with Crippen molar-refractivity contribution in [2.45, 2.75) is 38.3 Å². The summed E-state index contributed by atoms with van der Waals surface area (Å²) in [7, 11) is 0. The highest BCUT2D eigenvalue weighted by atomic mass is 16.3. The number of carbonyl (C=O) groups is 2. The third-order valence-corrected chi connectivity index (χ3v) is 4.00. The van der Waals surface area contributed by atoms with Crippen LogP contribution in [-0.2, 0) is 15.1 Å². The highest BCUT2D eigenvalue weighted by molar-refractivity contribution is 6.48. The Morgan fingerprint density at radius 1 is 1.09 bits per heavy atom. The fourth-order valence-electron chi connectivity index (χ4n) is 2.77. The first-order chi connectivity index (χ1) is 10.7. The number of ketones is 2. The second-order valence-electron chi connectivity index (χ2n) is 6.69. The number of hydrogen-bond acceptors (Lipinski definition) is 5. The topological polar surface area (TPSA) is 92.4 Å². The van der Waals surface area contributed by atoms with Gasteiger partial charge in [0.2, 0.25) is 17.4 Å². The molecule has 1 fully saturated rings. The van der Waals surface area contributed by atoms with Crippen molar-refractivity contribution in [3.8, 4) is 17.1 Å². The molecule has 1 saturated carbocycles. The predicted molar refractivity (Wildman–Crippen MR) is 83.1 cm³/mol. The van der Waals surface area contributed by atoms with Crippen LogP contribution in [0, 0.1) is 0 Å². The summed E-state index contributed by atoms with van der Waals surface area (Å²) in [6.07, 6.45) is -1.42. The van der Waals surface area contributed by atoms with Gasteiger partial charge in [0.15, 0.2) is 0 Å². The minimum atomic E-state index is -1.42. The molecule has 23 heavy (non-hydrogen) atoms. The molecule has 1 aliphatic carbocycles. The molecule has 3 rings (SSSR count). The number of carbonyl (C=O) groups excluding carboxylic acids is 2. The zero-order valence-corrected chi connectivity index (χ0v) is 13.1. The minimum Gasteiger partial charge on any atom is -0.493 e. The largest absolute Gasteiger partial charge is 0.493 e. The molecular formula is C17H18N2O4. The maximum absolute atomic E-state index is 11.9. The molecule has 0 bridgehead atoms. The minimum absolute atomic E-state index is 0.193. The van der Waals surface area contributed by atoms with Crippen molar-refractivity contribution in [1.29, 1.82) is 0 Å². The molecule has 120 valence electrons. The number of rotatable bonds is 2. The lowest BCUT2D eigenvalue weighted by Gasteiger charge is -2.29. The van der Waals surface area contributed by atoms with Crippen LogP contribution in [0.25, 0.3) is 11.3 Å². The summed E-state index contributed by atoms with van der Waals surface area (Å²) < 4.78 is 1.41. The van der Waals surface area contributed by atoms with Crippen LogP contribution in [0.4, 0.5) is 0 Å². The molecule has 1 aliphatic rings. The highest BCUT2D eigenvalue weighted by Gasteiger charge is 2.52. The van der Waals surface area contributed by atoms with Crippen LogP contribution in [0.3, 0.4) is 0 Å². The van der Waals surface area contributed by atoms with E-state index in [1.165, 1.54) is 4.68 Å². The molecule has 2 unspecified atom stereocenters. The average Bonchev–Trinajstić information content (AvgIpc) is 2.85. The molecule has 0 radical (unpaired) electrons. The molecule has 2 atom stereocenters. The fourth-order valence-corrected chi connectivity index (χ4v) is 2.77. The number of aromatic hydroxyl groups is 1. The van der Waals surface area contributed by atoms with Crippen molar-refractivity contribution in [3.63, 3.8) is 0 Å². The van der Waals surface area contributed by atoms with Gasteiger partial charge in [-0.3, -0.25) is 9.59 Å². The fraction of sp³-hybridized carbons (Fsp3) is 0.353. The summed E-state index contributed by atoms with van der Waals surface area (Å²) in [5.74, 6) is -2.77. The SMILES string of the molecule is CC(C)(C)n1nc(-c2ccccc2)c(C2C(=O)C(=O)C2O)c1O. The van der Waals surface area contributed by atoms with E-state index >= 15 is 0 Å². The molecule has 0 saturated heterocycles. The summed E-state index contributed by atoms with van der Waals surface area (Å²) in [5.41, 5.74) is 0.805. The molecule has 0 spiro atoms. The first kappa shape index (κ1) is 15.4. The number of aliphatic hydroxyl groups excluding tert-OH is 1. The van der Waals surface area contributed by atoms with Crippen LogP contribution in [0.15, 0.2) is 30.3 Å². The van der Waals surface area contributed by atoms with E-state index in [4.69, 9.17) is 0 Å². The van der Waals surface area contributed by atoms with Crippen LogP contribution in [0.2, 0.25) is 0 Å². The molecule has 0 aliphatic heterocycles. The Morgan fingerprint density at radius 2 is 1.70 bits per heavy atom. The van der Waals surface area contributed by atoms with Gasteiger partial charge in [0.1, 0.15) is 11.8 Å². The van der Waals surface area contributed by atoms with Crippen molar-refractivity contribution in [3.05, 3.63) is 35.9 Å². The van der Waals surface area contributed by atoms with Crippen molar-refractivity contribution < 1.29 is 19.8 Å². The Labute approximate surface area is 133 Å². The summed E-state index contributed by atoms with van der Waals surface area (Å²) in [6, 6.07) is 9.08. The van der Waals surface area contributed by atoms with Crippen LogP contribution < -0.4 is 0 Å². The van der Waals surface area contributed by atoms with Crippen LogP contribution in [0.5, 0.6) is 5.88 Å². The van der Waals surface area contributed by atoms with Gasteiger partial charge in [0.05, 0.1) is 17.0 Å². The smallest absolute Gasteiger partial charge is 0.228 e. The molecule has 2 aromatic rings. The maximum atomic E-state index is 11.9. The molecule has 2 N–H and O–H groups in total. The Hall–Kier alpha value is -2.47. The van der Waals surface area contributed by atoms with Gasteiger partial charge in [-0.05, 0) is 20.8 Å². The first-order valence-corrected chi connectivity index (χ1v) is 7.37. The number of aliphatic hydroxyl groups is 1. The van der Waals surface area contributed by atoms with Gasteiger partial charge in [-0.1, -0.05) is 30.3 Å². The summed E-state index contributed by atoms with van der Waals surface area (Å²) in [4.78, 5) is 23.3. The van der Waals surface area contributed by atoms with E-state index in [1.807, 2.05) is 39.0 Å². The van der Waals surface area contributed by atoms with Gasteiger partial charge in [-0.2, -0.15) is 5.10 Å². The number of nitrogens with zero attached hydrogens (tertiary/aromatic N) is 2. The monoisotopic (exact) mass is 314 g/mol. The van der Waals surface area contributed by atoms with Gasteiger partial charge in [-0.25, -0.2) is 4.68 Å². The molecule has 1 heterocycles. The number of Topliss-reactive ketones (excluding diaryl/α,β-unsaturated/α-hetero) is 2. The van der Waals surface area contributed by atoms with Crippen molar-refractivity contribution in [2.24, 2.45) is 0 Å². The lowest BCUT2D eigenvalue weighted by Crippen LogP contribution is -2.50. The second kappa shape index (κ2) is 5.03. The Kier molecular flexibility index (Phi) is 3.37. The van der Waals surface area contributed by atoms with Crippen LogP contribution in [0.1, 0.15) is 32.3 Å². The molecule has 6 heteroatoms. The number of aromatic nitrogens is 2. The van der Waals surface area contributed by atoms with Crippen LogP contribution >= 0.6 is 0 Å². The zero-order chi connectivity index (χ0) is 16.9. The average molecular weight is 314 g/mol. The Balaban J connectivity index is 2.23. The normalized spacial score (nSPS) is 21.4. The Bertz CT molecular complexity index is 787. The third kappa shape index (κ3) is 2.26. The van der Waals surface area contributed by atoms with E-state index in [0.717, 1.165) is 0 Å². The number of hydrogen-bond donors (Lipinski definition) is 2. The standard InChI is InChI=1S/C17H18N2O4/c1-17(2,3)19-16(23)10(11-13(20)15(22)14(11)21)12(18-19)9-7-5-4-6-8-9/h4-8,11,13,20,23H,1-3H3. The third-order valence-electron chi connectivity index (χ3n) is 4.00. The molecular weight excluding hydrogens is 296 g/mol. The summed E-state index contributed by atoms with van der Waals surface area (Å²) in [6.45, 7) is 5.59. The first-order valence-electron chi connectivity index (χ1n) is 7.37. The van der Waals surface area contributed by atoms with Gasteiger partial charge in [0.25, 0.3) is 0 Å². The van der Waals surface area contributed by atoms with Crippen LogP contribution in [-0.4, -0.2) is 37.7 Å². The van der Waals surface area contributed by atoms with E-state index < -0.39 is 29.1 Å². The van der Waals surface area contributed by atoms with Gasteiger partial charge in [-0.15, -0.1) is 0 Å². The van der Waals surface area contributed by atoms with E-state index in [9.17, 15) is 19.8 Å². The molecule has 1 aromatic heterocycles.